The predicted octanol–water partition coefficient (Wildman–Crippen LogP) is 18.4. The Balaban J connectivity index is 5.23. The first-order chi connectivity index (χ1) is 40.9. The van der Waals surface area contributed by atoms with Crippen LogP contribution in [0.2, 0.25) is 0 Å². The second kappa shape index (κ2) is 58.4. The normalized spacial score (nSPS) is 14.2. The number of ether oxygens (including phenoxy) is 4. The van der Waals surface area contributed by atoms with E-state index in [-0.39, 0.29) is 25.7 Å². The molecule has 0 saturated heterocycles. The molecule has 504 valence electrons. The maximum atomic E-state index is 13.0. The van der Waals surface area contributed by atoms with Crippen molar-refractivity contribution in [2.24, 2.45) is 11.8 Å². The van der Waals surface area contributed by atoms with Crippen LogP contribution in [0.25, 0.3) is 0 Å². The van der Waals surface area contributed by atoms with Gasteiger partial charge in [0, 0.05) is 25.7 Å². The lowest BCUT2D eigenvalue weighted by Crippen LogP contribution is -2.30. The Morgan fingerprint density at radius 2 is 0.541 bits per heavy atom. The van der Waals surface area contributed by atoms with Crippen molar-refractivity contribution in [3.05, 3.63) is 0 Å². The maximum absolute atomic E-state index is 13.0. The molecule has 3 N–H and O–H groups in total. The first-order valence-electron chi connectivity index (χ1n) is 34.5. The summed E-state index contributed by atoms with van der Waals surface area (Å²) in [5.74, 6) is -0.628. The number of rotatable bonds is 65. The fourth-order valence-electron chi connectivity index (χ4n) is 9.88. The zero-order chi connectivity index (χ0) is 62.9. The topological polar surface area (TPSA) is 237 Å². The highest BCUT2D eigenvalue weighted by Gasteiger charge is 2.30. The summed E-state index contributed by atoms with van der Waals surface area (Å²) in [6.07, 6.45) is 41.6. The van der Waals surface area contributed by atoms with Crippen molar-refractivity contribution in [3.8, 4) is 0 Å². The number of phosphoric acid groups is 2. The third-order valence-corrected chi connectivity index (χ3v) is 17.1. The summed E-state index contributed by atoms with van der Waals surface area (Å²) in [6.45, 7) is 9.47. The first kappa shape index (κ1) is 83.1. The smallest absolute Gasteiger partial charge is 0.462 e. The summed E-state index contributed by atoms with van der Waals surface area (Å²) in [6, 6.07) is 0. The van der Waals surface area contributed by atoms with Gasteiger partial charge in [-0.1, -0.05) is 279 Å². The van der Waals surface area contributed by atoms with Crippen LogP contribution in [0, 0.1) is 11.8 Å². The van der Waals surface area contributed by atoms with Gasteiger partial charge in [0.15, 0.2) is 12.2 Å². The van der Waals surface area contributed by atoms with Crippen LogP contribution < -0.4 is 0 Å². The molecule has 0 aromatic carbocycles. The quantitative estimate of drug-likeness (QED) is 0.0222. The molecular formula is C66H128O17P2. The van der Waals surface area contributed by atoms with Crippen LogP contribution >= 0.6 is 15.6 Å². The standard InChI is InChI=1S/C66H128O17P2/c1-7-9-11-13-15-17-24-32-38-44-50-65(70)82-61(54-76-63(68)48-42-36-30-22-16-14-12-10-8-2)56-80-84(72,73)78-52-60(67)53-79-85(74,75)81-57-62(55-77-64(69)49-43-37-31-27-26-29-35-41-47-59(5)6)83-66(71)51-45-39-33-25-21-19-18-20-23-28-34-40-46-58(3)4/h58-62,67H,7-57H2,1-6H3,(H,72,73)(H,74,75)/t60-,61+,62+/m0/s1. The summed E-state index contributed by atoms with van der Waals surface area (Å²) in [5.41, 5.74) is 0. The van der Waals surface area contributed by atoms with E-state index in [1.807, 2.05) is 0 Å². The molecule has 0 bridgehead atoms. The highest BCUT2D eigenvalue weighted by Crippen LogP contribution is 2.45. The van der Waals surface area contributed by atoms with Gasteiger partial charge >= 0.3 is 39.5 Å². The van der Waals surface area contributed by atoms with Crippen molar-refractivity contribution in [2.75, 3.05) is 39.6 Å². The molecule has 0 fully saturated rings. The minimum Gasteiger partial charge on any atom is -0.462 e. The van der Waals surface area contributed by atoms with Gasteiger partial charge < -0.3 is 33.8 Å². The fraction of sp³-hybridized carbons (Fsp3) is 0.939. The van der Waals surface area contributed by atoms with Crippen LogP contribution in [-0.2, 0) is 65.4 Å². The van der Waals surface area contributed by atoms with Crippen LogP contribution in [0.15, 0.2) is 0 Å². The average Bonchev–Trinajstić information content (AvgIpc) is 3.52. The largest absolute Gasteiger partial charge is 0.472 e. The van der Waals surface area contributed by atoms with Gasteiger partial charge in [0.2, 0.25) is 0 Å². The van der Waals surface area contributed by atoms with Crippen LogP contribution in [0.4, 0.5) is 0 Å². The molecule has 17 nitrogen and oxygen atoms in total. The van der Waals surface area contributed by atoms with Gasteiger partial charge in [-0.05, 0) is 37.5 Å². The SMILES string of the molecule is CCCCCCCCCCCCC(=O)O[C@H](COC(=O)CCCCCCCCCCC)COP(=O)(O)OC[C@H](O)COP(=O)(O)OC[C@@H](COC(=O)CCCCCCCCCCC(C)C)OC(=O)CCCCCCCCCCCCCCC(C)C. The highest BCUT2D eigenvalue weighted by atomic mass is 31.2. The molecule has 0 spiro atoms. The number of aliphatic hydroxyl groups is 1. The molecule has 0 aliphatic rings. The van der Waals surface area contributed by atoms with Crippen molar-refractivity contribution in [3.63, 3.8) is 0 Å². The average molecular weight is 1260 g/mol. The number of phosphoric ester groups is 2. The Kier molecular flexibility index (Phi) is 57.1. The summed E-state index contributed by atoms with van der Waals surface area (Å²) in [4.78, 5) is 72.3. The van der Waals surface area contributed by atoms with E-state index < -0.39 is 97.5 Å². The van der Waals surface area contributed by atoms with E-state index in [0.29, 0.717) is 25.7 Å². The van der Waals surface area contributed by atoms with Crippen molar-refractivity contribution in [1.82, 2.24) is 0 Å². The molecule has 19 heteroatoms. The zero-order valence-corrected chi connectivity index (χ0v) is 56.7. The Bertz CT molecular complexity index is 1670. The monoisotopic (exact) mass is 1250 g/mol. The van der Waals surface area contributed by atoms with E-state index in [1.54, 1.807) is 0 Å². The summed E-state index contributed by atoms with van der Waals surface area (Å²) >= 11 is 0. The number of carbonyl (C=O) groups is 4. The molecule has 5 atom stereocenters. The predicted molar refractivity (Wildman–Crippen MR) is 340 cm³/mol. The van der Waals surface area contributed by atoms with Crippen LogP contribution in [0.3, 0.4) is 0 Å². The first-order valence-corrected chi connectivity index (χ1v) is 37.5. The lowest BCUT2D eigenvalue weighted by Gasteiger charge is -2.21. The minimum atomic E-state index is -4.95. The van der Waals surface area contributed by atoms with Gasteiger partial charge in [-0.3, -0.25) is 37.3 Å². The number of carbonyl (C=O) groups excluding carboxylic acids is 4. The van der Waals surface area contributed by atoms with E-state index in [1.165, 1.54) is 148 Å². The molecule has 0 rings (SSSR count). The van der Waals surface area contributed by atoms with Crippen molar-refractivity contribution in [1.29, 1.82) is 0 Å². The summed E-state index contributed by atoms with van der Waals surface area (Å²) in [7, 11) is -9.89. The third kappa shape index (κ3) is 60.7. The molecule has 0 amide bonds. The molecule has 0 aliphatic heterocycles. The highest BCUT2D eigenvalue weighted by molar-refractivity contribution is 7.47. The van der Waals surface area contributed by atoms with Crippen molar-refractivity contribution < 1.29 is 80.2 Å². The van der Waals surface area contributed by atoms with Crippen molar-refractivity contribution in [2.45, 2.75) is 349 Å². The minimum absolute atomic E-state index is 0.106. The Morgan fingerprint density at radius 3 is 0.800 bits per heavy atom. The van der Waals surface area contributed by atoms with E-state index in [9.17, 15) is 43.2 Å². The summed E-state index contributed by atoms with van der Waals surface area (Å²) < 4.78 is 68.0. The number of esters is 4. The molecular weight excluding hydrogens is 1130 g/mol. The number of unbranched alkanes of at least 4 members (excludes halogenated alkanes) is 35. The molecule has 2 unspecified atom stereocenters. The molecule has 0 saturated carbocycles. The third-order valence-electron chi connectivity index (χ3n) is 15.2. The van der Waals surface area contributed by atoms with Gasteiger partial charge in [-0.2, -0.15) is 0 Å². The molecule has 0 aromatic rings. The number of hydrogen-bond donors (Lipinski definition) is 3. The van der Waals surface area contributed by atoms with Gasteiger partial charge in [0.25, 0.3) is 0 Å². The molecule has 0 heterocycles. The van der Waals surface area contributed by atoms with E-state index in [2.05, 4.69) is 41.5 Å². The Hall–Kier alpha value is -1.94. The summed E-state index contributed by atoms with van der Waals surface area (Å²) in [5, 5.41) is 10.5. The van der Waals surface area contributed by atoms with E-state index in [4.69, 9.17) is 37.0 Å². The lowest BCUT2D eigenvalue weighted by molar-refractivity contribution is -0.161. The lowest BCUT2D eigenvalue weighted by atomic mass is 10.0. The van der Waals surface area contributed by atoms with Gasteiger partial charge in [0.05, 0.1) is 26.4 Å². The molecule has 0 radical (unpaired) electrons. The Labute approximate surface area is 517 Å². The molecule has 0 aliphatic carbocycles. The van der Waals surface area contributed by atoms with E-state index in [0.717, 1.165) is 102 Å². The van der Waals surface area contributed by atoms with Crippen LogP contribution in [0.5, 0.6) is 0 Å². The molecule has 0 aromatic heterocycles. The second-order valence-corrected chi connectivity index (χ2v) is 27.7. The van der Waals surface area contributed by atoms with Crippen LogP contribution in [0.1, 0.15) is 330 Å². The van der Waals surface area contributed by atoms with Crippen LogP contribution in [-0.4, -0.2) is 96.7 Å². The van der Waals surface area contributed by atoms with Crippen molar-refractivity contribution >= 4 is 39.5 Å². The van der Waals surface area contributed by atoms with E-state index >= 15 is 0 Å². The second-order valence-electron chi connectivity index (χ2n) is 24.8. The van der Waals surface area contributed by atoms with Gasteiger partial charge in [-0.25, -0.2) is 9.13 Å². The number of aliphatic hydroxyl groups excluding tert-OH is 1. The molecule has 85 heavy (non-hydrogen) atoms. The fourth-order valence-corrected chi connectivity index (χ4v) is 11.5. The van der Waals surface area contributed by atoms with Gasteiger partial charge in [0.1, 0.15) is 19.3 Å². The van der Waals surface area contributed by atoms with Gasteiger partial charge in [-0.15, -0.1) is 0 Å². The maximum Gasteiger partial charge on any atom is 0.472 e. The number of hydrogen-bond acceptors (Lipinski definition) is 15. The zero-order valence-electron chi connectivity index (χ0n) is 54.9. The Morgan fingerprint density at radius 1 is 0.318 bits per heavy atom.